The Morgan fingerprint density at radius 1 is 0.278 bits per heavy atom. The topological polar surface area (TPSA) is 9.86 Å². The van der Waals surface area contributed by atoms with Crippen molar-refractivity contribution in [1.29, 1.82) is 0 Å². The lowest BCUT2D eigenvalue weighted by Crippen LogP contribution is -1.96. The molecule has 0 amide bonds. The standard InChI is InChI=1S/C52H36N2/c1-33-21-25-37(26-22-33)53-47-19-11-9-17-39(47)41-29-43-45(31-49(41)53)51(35-13-5-3-6-14-35)44-30-42-40-18-10-12-20-48(40)54(38-27-23-34(2)24-28-38)50(42)32-46(44)52(43)36-15-7-4-8-16-36/h3-32H,1-2H3. The number of aryl methyl sites for hydroxylation is 2. The highest BCUT2D eigenvalue weighted by molar-refractivity contribution is 6.28. The van der Waals surface area contributed by atoms with Gasteiger partial charge in [0.25, 0.3) is 0 Å². The van der Waals surface area contributed by atoms with E-state index in [4.69, 9.17) is 0 Å². The Bertz CT molecular complexity index is 3010. The summed E-state index contributed by atoms with van der Waals surface area (Å²) in [5.41, 5.74) is 14.6. The molecule has 0 aliphatic carbocycles. The molecule has 0 bridgehead atoms. The fraction of sp³-hybridized carbons (Fsp3) is 0.0385. The molecule has 0 atom stereocenters. The van der Waals surface area contributed by atoms with Gasteiger partial charge in [-0.15, -0.1) is 0 Å². The van der Waals surface area contributed by atoms with Crippen LogP contribution in [0.4, 0.5) is 0 Å². The van der Waals surface area contributed by atoms with Gasteiger partial charge >= 0.3 is 0 Å². The van der Waals surface area contributed by atoms with E-state index in [1.165, 1.54) is 110 Å². The minimum absolute atomic E-state index is 1.17. The molecule has 0 fully saturated rings. The Labute approximate surface area is 313 Å². The third kappa shape index (κ3) is 4.53. The van der Waals surface area contributed by atoms with Crippen LogP contribution in [0.1, 0.15) is 11.1 Å². The van der Waals surface area contributed by atoms with Crippen molar-refractivity contribution in [2.24, 2.45) is 0 Å². The van der Waals surface area contributed by atoms with Crippen molar-refractivity contribution in [1.82, 2.24) is 9.13 Å². The second kappa shape index (κ2) is 11.8. The Morgan fingerprint density at radius 3 is 1.04 bits per heavy atom. The van der Waals surface area contributed by atoms with Crippen molar-refractivity contribution in [3.05, 3.63) is 193 Å². The molecule has 2 heterocycles. The van der Waals surface area contributed by atoms with Crippen LogP contribution in [0.25, 0.3) is 98.8 Å². The number of rotatable bonds is 4. The first kappa shape index (κ1) is 30.7. The molecular weight excluding hydrogens is 653 g/mol. The zero-order chi connectivity index (χ0) is 35.9. The molecule has 0 saturated heterocycles. The molecule has 0 saturated carbocycles. The van der Waals surface area contributed by atoms with Crippen LogP contribution >= 0.6 is 0 Å². The number of hydrogen-bond acceptors (Lipinski definition) is 0. The molecule has 0 radical (unpaired) electrons. The summed E-state index contributed by atoms with van der Waals surface area (Å²) in [5.74, 6) is 0. The Kier molecular flexibility index (Phi) is 6.72. The lowest BCUT2D eigenvalue weighted by Gasteiger charge is -2.19. The third-order valence-corrected chi connectivity index (χ3v) is 11.4. The fourth-order valence-electron chi connectivity index (χ4n) is 8.92. The quantitative estimate of drug-likeness (QED) is 0.163. The summed E-state index contributed by atoms with van der Waals surface area (Å²) < 4.78 is 4.90. The Balaban J connectivity index is 1.38. The zero-order valence-electron chi connectivity index (χ0n) is 30.2. The largest absolute Gasteiger partial charge is 0.309 e. The van der Waals surface area contributed by atoms with Gasteiger partial charge in [0.1, 0.15) is 0 Å². The van der Waals surface area contributed by atoms with E-state index in [1.807, 2.05) is 0 Å². The molecule has 2 nitrogen and oxygen atoms in total. The molecule has 11 rings (SSSR count). The zero-order valence-corrected chi connectivity index (χ0v) is 30.2. The average molecular weight is 689 g/mol. The fourth-order valence-corrected chi connectivity index (χ4v) is 8.92. The summed E-state index contributed by atoms with van der Waals surface area (Å²) >= 11 is 0. The lowest BCUT2D eigenvalue weighted by atomic mass is 9.84. The highest BCUT2D eigenvalue weighted by Crippen LogP contribution is 2.48. The number of fused-ring (bicyclic) bond motifs is 8. The van der Waals surface area contributed by atoms with Gasteiger partial charge in [-0.2, -0.15) is 0 Å². The van der Waals surface area contributed by atoms with Crippen LogP contribution in [-0.4, -0.2) is 9.13 Å². The molecule has 11 aromatic rings. The van der Waals surface area contributed by atoms with Gasteiger partial charge in [-0.25, -0.2) is 0 Å². The van der Waals surface area contributed by atoms with E-state index in [-0.39, 0.29) is 0 Å². The normalized spacial score (nSPS) is 11.9. The van der Waals surface area contributed by atoms with E-state index in [0.717, 1.165) is 0 Å². The maximum atomic E-state index is 2.48. The number of nitrogens with zero attached hydrogens (tertiary/aromatic N) is 2. The number of para-hydroxylation sites is 2. The monoisotopic (exact) mass is 688 g/mol. The van der Waals surface area contributed by atoms with Crippen LogP contribution < -0.4 is 0 Å². The molecule has 2 aromatic heterocycles. The summed E-state index contributed by atoms with van der Waals surface area (Å²) in [5, 5.41) is 10.0. The maximum Gasteiger partial charge on any atom is 0.0547 e. The van der Waals surface area contributed by atoms with Crippen LogP contribution in [0, 0.1) is 13.8 Å². The van der Waals surface area contributed by atoms with E-state index >= 15 is 0 Å². The van der Waals surface area contributed by atoms with E-state index in [1.54, 1.807) is 0 Å². The van der Waals surface area contributed by atoms with Crippen molar-refractivity contribution in [2.45, 2.75) is 13.8 Å². The van der Waals surface area contributed by atoms with Gasteiger partial charge < -0.3 is 9.13 Å². The van der Waals surface area contributed by atoms with Crippen molar-refractivity contribution >= 4 is 65.2 Å². The first-order valence-electron chi connectivity index (χ1n) is 18.8. The van der Waals surface area contributed by atoms with Gasteiger partial charge in [0, 0.05) is 32.9 Å². The molecule has 2 heteroatoms. The van der Waals surface area contributed by atoms with Gasteiger partial charge in [0.05, 0.1) is 22.1 Å². The Morgan fingerprint density at radius 2 is 0.630 bits per heavy atom. The van der Waals surface area contributed by atoms with Crippen LogP contribution in [0.2, 0.25) is 0 Å². The number of hydrogen-bond donors (Lipinski definition) is 0. The molecular formula is C52H36N2. The van der Waals surface area contributed by atoms with Crippen molar-refractivity contribution in [3.8, 4) is 33.6 Å². The molecule has 0 spiro atoms. The second-order valence-corrected chi connectivity index (χ2v) is 14.7. The van der Waals surface area contributed by atoms with Crippen LogP contribution in [0.5, 0.6) is 0 Å². The SMILES string of the molecule is Cc1ccc(-n2c3ccccc3c3cc4c(-c5ccccc5)c5cc6c(cc5c(-c5ccccc5)c4cc32)c2ccccc2n6-c2ccc(C)cc2)cc1. The molecule has 9 aromatic carbocycles. The average Bonchev–Trinajstić information content (AvgIpc) is 3.71. The van der Waals surface area contributed by atoms with E-state index in [0.29, 0.717) is 0 Å². The van der Waals surface area contributed by atoms with Gasteiger partial charge in [-0.05, 0) is 118 Å². The Hall–Kier alpha value is -6.90. The number of benzene rings is 9. The minimum atomic E-state index is 1.17. The third-order valence-electron chi connectivity index (χ3n) is 11.4. The van der Waals surface area contributed by atoms with E-state index in [9.17, 15) is 0 Å². The highest BCUT2D eigenvalue weighted by atomic mass is 15.0. The minimum Gasteiger partial charge on any atom is -0.309 e. The molecule has 254 valence electrons. The van der Waals surface area contributed by atoms with Crippen LogP contribution in [0.15, 0.2) is 182 Å². The van der Waals surface area contributed by atoms with Crippen LogP contribution in [-0.2, 0) is 0 Å². The van der Waals surface area contributed by atoms with E-state index < -0.39 is 0 Å². The van der Waals surface area contributed by atoms with Crippen molar-refractivity contribution < 1.29 is 0 Å². The predicted molar refractivity (Wildman–Crippen MR) is 230 cm³/mol. The van der Waals surface area contributed by atoms with Gasteiger partial charge in [-0.3, -0.25) is 0 Å². The van der Waals surface area contributed by atoms with Gasteiger partial charge in [0.15, 0.2) is 0 Å². The summed E-state index contributed by atoms with van der Waals surface area (Å²) in [6.45, 7) is 4.31. The van der Waals surface area contributed by atoms with Gasteiger partial charge in [0.2, 0.25) is 0 Å². The molecule has 0 unspecified atom stereocenters. The summed E-state index contributed by atoms with van der Waals surface area (Å²) in [6.07, 6.45) is 0. The van der Waals surface area contributed by atoms with Crippen molar-refractivity contribution in [3.63, 3.8) is 0 Å². The van der Waals surface area contributed by atoms with Crippen molar-refractivity contribution in [2.75, 3.05) is 0 Å². The first-order valence-corrected chi connectivity index (χ1v) is 18.8. The smallest absolute Gasteiger partial charge is 0.0547 e. The van der Waals surface area contributed by atoms with Crippen LogP contribution in [0.3, 0.4) is 0 Å². The molecule has 54 heavy (non-hydrogen) atoms. The first-order chi connectivity index (χ1) is 26.6. The highest BCUT2D eigenvalue weighted by Gasteiger charge is 2.23. The summed E-state index contributed by atoms with van der Waals surface area (Å²) in [4.78, 5) is 0. The predicted octanol–water partition coefficient (Wildman–Crippen LogP) is 14.1. The van der Waals surface area contributed by atoms with E-state index in [2.05, 4.69) is 205 Å². The molecule has 0 aliphatic rings. The molecule has 0 N–H and O–H groups in total. The van der Waals surface area contributed by atoms with Gasteiger partial charge in [-0.1, -0.05) is 132 Å². The summed E-state index contributed by atoms with van der Waals surface area (Å²) in [6, 6.07) is 67.5. The molecule has 0 aliphatic heterocycles. The lowest BCUT2D eigenvalue weighted by molar-refractivity contribution is 1.18. The maximum absolute atomic E-state index is 2.48. The second-order valence-electron chi connectivity index (χ2n) is 14.7. The number of aromatic nitrogens is 2. The summed E-state index contributed by atoms with van der Waals surface area (Å²) in [7, 11) is 0.